The second-order valence-electron chi connectivity index (χ2n) is 5.63. The first-order valence-corrected chi connectivity index (χ1v) is 9.32. The Hall–Kier alpha value is -1.85. The first kappa shape index (κ1) is 18.5. The summed E-state index contributed by atoms with van der Waals surface area (Å²) in [5, 5.41) is 11.7. The largest absolute Gasteiger partial charge is 0.396 e. The van der Waals surface area contributed by atoms with Gasteiger partial charge in [-0.2, -0.15) is 11.8 Å². The van der Waals surface area contributed by atoms with E-state index in [2.05, 4.69) is 29.4 Å². The Balaban J connectivity index is 1.98. The third-order valence-electron chi connectivity index (χ3n) is 3.86. The van der Waals surface area contributed by atoms with Crippen LogP contribution in [0.1, 0.15) is 36.5 Å². The number of thioether (sulfide) groups is 1. The molecule has 0 bridgehead atoms. The fourth-order valence-corrected chi connectivity index (χ4v) is 3.00. The maximum atomic E-state index is 12.4. The molecule has 1 amide bonds. The second-order valence-corrected chi connectivity index (χ2v) is 6.74. The Morgan fingerprint density at radius 3 is 2.67 bits per heavy atom. The zero-order valence-corrected chi connectivity index (χ0v) is 15.0. The van der Waals surface area contributed by atoms with E-state index in [1.54, 1.807) is 18.0 Å². The molecule has 0 fully saturated rings. The Morgan fingerprint density at radius 1 is 1.25 bits per heavy atom. The summed E-state index contributed by atoms with van der Waals surface area (Å²) in [4.78, 5) is 16.7. The number of anilines is 1. The van der Waals surface area contributed by atoms with Crippen molar-refractivity contribution in [2.75, 3.05) is 17.7 Å². The monoisotopic (exact) mass is 344 g/mol. The molecule has 1 aromatic heterocycles. The summed E-state index contributed by atoms with van der Waals surface area (Å²) in [5.41, 5.74) is 3.35. The molecule has 0 aliphatic heterocycles. The van der Waals surface area contributed by atoms with E-state index in [0.717, 1.165) is 23.3 Å². The highest BCUT2D eigenvalue weighted by molar-refractivity contribution is 7.98. The van der Waals surface area contributed by atoms with Gasteiger partial charge in [-0.15, -0.1) is 0 Å². The van der Waals surface area contributed by atoms with Crippen LogP contribution in [0.4, 0.5) is 5.82 Å². The molecule has 0 aliphatic rings. The summed E-state index contributed by atoms with van der Waals surface area (Å²) in [7, 11) is 0. The van der Waals surface area contributed by atoms with Gasteiger partial charge in [0.25, 0.3) is 0 Å². The van der Waals surface area contributed by atoms with Crippen LogP contribution in [0.5, 0.6) is 0 Å². The van der Waals surface area contributed by atoms with Crippen LogP contribution < -0.4 is 5.32 Å². The normalized spacial score (nSPS) is 12.0. The fraction of sp³-hybridized carbons (Fsp3) is 0.368. The molecule has 0 spiro atoms. The van der Waals surface area contributed by atoms with E-state index in [-0.39, 0.29) is 18.4 Å². The van der Waals surface area contributed by atoms with Crippen LogP contribution in [0.15, 0.2) is 42.6 Å². The lowest BCUT2D eigenvalue weighted by molar-refractivity contribution is -0.117. The van der Waals surface area contributed by atoms with Gasteiger partial charge in [-0.25, -0.2) is 4.98 Å². The van der Waals surface area contributed by atoms with E-state index >= 15 is 0 Å². The highest BCUT2D eigenvalue weighted by Crippen LogP contribution is 2.19. The predicted octanol–water partition coefficient (Wildman–Crippen LogP) is 3.61. The molecule has 1 heterocycles. The number of pyridine rings is 1. The van der Waals surface area contributed by atoms with Crippen molar-refractivity contribution in [1.29, 1.82) is 0 Å². The third-order valence-corrected chi connectivity index (χ3v) is 4.87. The molecule has 5 heteroatoms. The van der Waals surface area contributed by atoms with Crippen LogP contribution in [0.25, 0.3) is 0 Å². The number of benzene rings is 1. The molecule has 2 rings (SSSR count). The number of aliphatic hydroxyl groups excluding tert-OH is 1. The van der Waals surface area contributed by atoms with E-state index in [1.807, 2.05) is 31.2 Å². The Bertz CT molecular complexity index is 659. The molecule has 128 valence electrons. The Kier molecular flexibility index (Phi) is 7.28. The topological polar surface area (TPSA) is 62.2 Å². The molecule has 0 saturated heterocycles. The summed E-state index contributed by atoms with van der Waals surface area (Å²) in [6, 6.07) is 12.0. The summed E-state index contributed by atoms with van der Waals surface area (Å²) in [6.07, 6.45) is 2.69. The molecule has 0 aliphatic carbocycles. The van der Waals surface area contributed by atoms with Gasteiger partial charge in [0.1, 0.15) is 5.82 Å². The zero-order valence-electron chi connectivity index (χ0n) is 14.2. The van der Waals surface area contributed by atoms with Crippen LogP contribution in [0.2, 0.25) is 0 Å². The van der Waals surface area contributed by atoms with Crippen molar-refractivity contribution in [2.24, 2.45) is 0 Å². The molecule has 4 nitrogen and oxygen atoms in total. The lowest BCUT2D eigenvalue weighted by Crippen LogP contribution is -2.19. The van der Waals surface area contributed by atoms with Crippen LogP contribution in [-0.4, -0.2) is 28.4 Å². The zero-order chi connectivity index (χ0) is 17.4. The van der Waals surface area contributed by atoms with Gasteiger partial charge in [0.05, 0.1) is 12.5 Å². The number of hydrogen-bond donors (Lipinski definition) is 2. The fourth-order valence-electron chi connectivity index (χ4n) is 2.31. The number of amides is 1. The van der Waals surface area contributed by atoms with Crippen molar-refractivity contribution in [3.63, 3.8) is 0 Å². The molecule has 1 unspecified atom stereocenters. The van der Waals surface area contributed by atoms with E-state index in [4.69, 9.17) is 5.11 Å². The van der Waals surface area contributed by atoms with Gasteiger partial charge in [-0.3, -0.25) is 4.79 Å². The van der Waals surface area contributed by atoms with Gasteiger partial charge in [0, 0.05) is 17.7 Å². The van der Waals surface area contributed by atoms with E-state index in [9.17, 15) is 4.79 Å². The molecular formula is C19H24N2O2S. The van der Waals surface area contributed by atoms with Crippen molar-refractivity contribution < 1.29 is 9.90 Å². The SMILES string of the molecule is CCc1ccc(C(C)C(=O)Nc2cc(CSCCO)ccn2)cc1. The molecule has 2 N–H and O–H groups in total. The Morgan fingerprint density at radius 2 is 2.00 bits per heavy atom. The quantitative estimate of drug-likeness (QED) is 0.718. The summed E-state index contributed by atoms with van der Waals surface area (Å²) in [6.45, 7) is 4.19. The first-order valence-electron chi connectivity index (χ1n) is 8.17. The van der Waals surface area contributed by atoms with Crippen LogP contribution in [0, 0.1) is 0 Å². The molecular weight excluding hydrogens is 320 g/mol. The van der Waals surface area contributed by atoms with Crippen LogP contribution in [-0.2, 0) is 17.0 Å². The van der Waals surface area contributed by atoms with Crippen molar-refractivity contribution >= 4 is 23.5 Å². The van der Waals surface area contributed by atoms with Crippen molar-refractivity contribution in [3.8, 4) is 0 Å². The maximum absolute atomic E-state index is 12.4. The highest BCUT2D eigenvalue weighted by atomic mass is 32.2. The first-order chi connectivity index (χ1) is 11.6. The van der Waals surface area contributed by atoms with E-state index < -0.39 is 0 Å². The van der Waals surface area contributed by atoms with Gasteiger partial charge in [0.2, 0.25) is 5.91 Å². The molecule has 1 atom stereocenters. The number of nitrogens with zero attached hydrogens (tertiary/aromatic N) is 1. The lowest BCUT2D eigenvalue weighted by Gasteiger charge is -2.13. The average Bonchev–Trinajstić information content (AvgIpc) is 2.62. The minimum atomic E-state index is -0.231. The van der Waals surface area contributed by atoms with Gasteiger partial charge >= 0.3 is 0 Å². The van der Waals surface area contributed by atoms with Crippen LogP contribution >= 0.6 is 11.8 Å². The molecule has 0 radical (unpaired) electrons. The standard InChI is InChI=1S/C19H24N2O2S/c1-3-15-4-6-17(7-5-15)14(2)19(23)21-18-12-16(8-9-20-18)13-24-11-10-22/h4-9,12,14,22H,3,10-11,13H2,1-2H3,(H,20,21,23). The van der Waals surface area contributed by atoms with E-state index in [0.29, 0.717) is 11.6 Å². The number of aryl methyl sites for hydroxylation is 1. The Labute approximate surface area is 147 Å². The number of nitrogens with one attached hydrogen (secondary N) is 1. The predicted molar refractivity (Wildman–Crippen MR) is 100 cm³/mol. The molecule has 2 aromatic rings. The lowest BCUT2D eigenvalue weighted by atomic mass is 9.98. The van der Waals surface area contributed by atoms with Gasteiger partial charge in [-0.05, 0) is 42.2 Å². The van der Waals surface area contributed by atoms with Gasteiger partial charge < -0.3 is 10.4 Å². The second kappa shape index (κ2) is 9.45. The van der Waals surface area contributed by atoms with Crippen molar-refractivity contribution in [1.82, 2.24) is 4.98 Å². The van der Waals surface area contributed by atoms with Crippen LogP contribution in [0.3, 0.4) is 0 Å². The van der Waals surface area contributed by atoms with Gasteiger partial charge in [-0.1, -0.05) is 31.2 Å². The summed E-state index contributed by atoms with van der Waals surface area (Å²) >= 11 is 1.65. The highest BCUT2D eigenvalue weighted by Gasteiger charge is 2.15. The third kappa shape index (κ3) is 5.35. The minimum Gasteiger partial charge on any atom is -0.396 e. The minimum absolute atomic E-state index is 0.0630. The van der Waals surface area contributed by atoms with Crippen molar-refractivity contribution in [3.05, 3.63) is 59.3 Å². The molecule has 24 heavy (non-hydrogen) atoms. The number of aromatic nitrogens is 1. The average molecular weight is 344 g/mol. The number of hydrogen-bond acceptors (Lipinski definition) is 4. The van der Waals surface area contributed by atoms with Gasteiger partial charge in [0.15, 0.2) is 0 Å². The summed E-state index contributed by atoms with van der Waals surface area (Å²) in [5.74, 6) is 1.77. The number of aliphatic hydroxyl groups is 1. The smallest absolute Gasteiger partial charge is 0.232 e. The summed E-state index contributed by atoms with van der Waals surface area (Å²) < 4.78 is 0. The van der Waals surface area contributed by atoms with E-state index in [1.165, 1.54) is 5.56 Å². The molecule has 0 saturated carbocycles. The number of carbonyl (C=O) groups excluding carboxylic acids is 1. The molecule has 1 aromatic carbocycles. The number of rotatable bonds is 8. The maximum Gasteiger partial charge on any atom is 0.232 e. The van der Waals surface area contributed by atoms with Crippen molar-refractivity contribution in [2.45, 2.75) is 31.9 Å². The number of carbonyl (C=O) groups is 1.